The number of sulfonamides is 1. The third kappa shape index (κ3) is 2.88. The van der Waals surface area contributed by atoms with Crippen LogP contribution in [0.25, 0.3) is 0 Å². The second-order valence-electron chi connectivity index (χ2n) is 4.63. The van der Waals surface area contributed by atoms with E-state index in [1.165, 1.54) is 18.2 Å². The minimum Gasteiger partial charge on any atom is -0.315 e. The minimum atomic E-state index is -3.79. The van der Waals surface area contributed by atoms with E-state index in [0.717, 1.165) is 19.0 Å². The summed E-state index contributed by atoms with van der Waals surface area (Å²) in [6.07, 6.45) is 0.907. The molecule has 2 rings (SSSR count). The summed E-state index contributed by atoms with van der Waals surface area (Å²) in [5.74, 6) is -0.478. The van der Waals surface area contributed by atoms with Crippen LogP contribution in [0.5, 0.6) is 0 Å². The summed E-state index contributed by atoms with van der Waals surface area (Å²) in [6.45, 7) is 3.46. The smallest absolute Gasteiger partial charge is 0.243 e. The summed E-state index contributed by atoms with van der Waals surface area (Å²) in [6, 6.07) is 5.22. The Hall–Kier alpha value is -0.980. The highest BCUT2D eigenvalue weighted by atomic mass is 32.2. The first kappa shape index (κ1) is 13.5. The summed E-state index contributed by atoms with van der Waals surface area (Å²) in [7, 11) is -3.79. The van der Waals surface area contributed by atoms with Gasteiger partial charge in [0, 0.05) is 12.6 Å². The average Bonchev–Trinajstić information content (AvgIpc) is 2.32. The van der Waals surface area contributed by atoms with Crippen LogP contribution in [0.1, 0.15) is 13.3 Å². The SMILES string of the molecule is CC1CCNCC1NS(=O)(=O)c1ccccc1F. The highest BCUT2D eigenvalue weighted by Gasteiger charge is 2.27. The molecule has 1 fully saturated rings. The largest absolute Gasteiger partial charge is 0.315 e. The molecule has 1 heterocycles. The molecule has 18 heavy (non-hydrogen) atoms. The number of halogens is 1. The Bertz CT molecular complexity index is 519. The number of hydrogen-bond acceptors (Lipinski definition) is 3. The third-order valence-electron chi connectivity index (χ3n) is 3.26. The average molecular weight is 272 g/mol. The summed E-state index contributed by atoms with van der Waals surface area (Å²) < 4.78 is 40.2. The first-order valence-electron chi connectivity index (χ1n) is 5.98. The molecule has 0 saturated carbocycles. The zero-order valence-corrected chi connectivity index (χ0v) is 11.0. The van der Waals surface area contributed by atoms with Crippen LogP contribution in [0.3, 0.4) is 0 Å². The quantitative estimate of drug-likeness (QED) is 0.866. The van der Waals surface area contributed by atoms with Gasteiger partial charge in [0.15, 0.2) is 0 Å². The predicted octanol–water partition coefficient (Wildman–Crippen LogP) is 1.10. The van der Waals surface area contributed by atoms with Crippen molar-refractivity contribution < 1.29 is 12.8 Å². The van der Waals surface area contributed by atoms with E-state index in [9.17, 15) is 12.8 Å². The molecule has 2 unspecified atom stereocenters. The molecule has 0 amide bonds. The minimum absolute atomic E-state index is 0.191. The van der Waals surface area contributed by atoms with Crippen molar-refractivity contribution in [2.24, 2.45) is 5.92 Å². The highest BCUT2D eigenvalue weighted by molar-refractivity contribution is 7.89. The van der Waals surface area contributed by atoms with Gasteiger partial charge in [-0.15, -0.1) is 0 Å². The van der Waals surface area contributed by atoms with Crippen molar-refractivity contribution >= 4 is 10.0 Å². The summed E-state index contributed by atoms with van der Waals surface area (Å²) >= 11 is 0. The molecule has 0 aliphatic carbocycles. The normalized spacial score (nSPS) is 25.0. The topological polar surface area (TPSA) is 58.2 Å². The van der Waals surface area contributed by atoms with Crippen molar-refractivity contribution in [2.75, 3.05) is 13.1 Å². The number of piperidine rings is 1. The van der Waals surface area contributed by atoms with Gasteiger partial charge in [0.25, 0.3) is 0 Å². The maximum absolute atomic E-state index is 13.5. The number of rotatable bonds is 3. The zero-order valence-electron chi connectivity index (χ0n) is 10.2. The monoisotopic (exact) mass is 272 g/mol. The van der Waals surface area contributed by atoms with Gasteiger partial charge in [-0.05, 0) is 31.0 Å². The van der Waals surface area contributed by atoms with E-state index in [-0.39, 0.29) is 16.9 Å². The summed E-state index contributed by atoms with van der Waals surface area (Å²) in [5, 5.41) is 3.13. The standard InChI is InChI=1S/C12H17FN2O2S/c1-9-6-7-14-8-11(9)15-18(16,17)12-5-3-2-4-10(12)13/h2-5,9,11,14-15H,6-8H2,1H3. The van der Waals surface area contributed by atoms with Crippen molar-refractivity contribution in [3.63, 3.8) is 0 Å². The van der Waals surface area contributed by atoms with Crippen LogP contribution in [0.15, 0.2) is 29.2 Å². The van der Waals surface area contributed by atoms with Crippen molar-refractivity contribution in [1.29, 1.82) is 0 Å². The van der Waals surface area contributed by atoms with E-state index in [2.05, 4.69) is 10.0 Å². The third-order valence-corrected chi connectivity index (χ3v) is 4.78. The molecule has 6 heteroatoms. The molecule has 0 bridgehead atoms. The number of benzene rings is 1. The van der Waals surface area contributed by atoms with Crippen LogP contribution in [0.4, 0.5) is 4.39 Å². The van der Waals surface area contributed by atoms with E-state index >= 15 is 0 Å². The molecule has 4 nitrogen and oxygen atoms in total. The van der Waals surface area contributed by atoms with Crippen LogP contribution in [0, 0.1) is 11.7 Å². The van der Waals surface area contributed by atoms with E-state index < -0.39 is 15.8 Å². The molecule has 100 valence electrons. The van der Waals surface area contributed by atoms with Gasteiger partial charge in [0.05, 0.1) is 0 Å². The maximum atomic E-state index is 13.5. The van der Waals surface area contributed by atoms with Gasteiger partial charge in [-0.25, -0.2) is 17.5 Å². The van der Waals surface area contributed by atoms with E-state index in [1.54, 1.807) is 0 Å². The fraction of sp³-hybridized carbons (Fsp3) is 0.500. The Morgan fingerprint density at radius 1 is 1.39 bits per heavy atom. The molecule has 1 aromatic carbocycles. The van der Waals surface area contributed by atoms with Gasteiger partial charge in [0.1, 0.15) is 10.7 Å². The van der Waals surface area contributed by atoms with Crippen molar-refractivity contribution in [3.8, 4) is 0 Å². The van der Waals surface area contributed by atoms with E-state index in [0.29, 0.717) is 6.54 Å². The first-order chi connectivity index (χ1) is 8.50. The maximum Gasteiger partial charge on any atom is 0.243 e. The molecule has 1 aromatic rings. The fourth-order valence-corrected chi connectivity index (χ4v) is 3.50. The van der Waals surface area contributed by atoms with Gasteiger partial charge in [0.2, 0.25) is 10.0 Å². The predicted molar refractivity (Wildman–Crippen MR) is 67.2 cm³/mol. The van der Waals surface area contributed by atoms with Crippen LogP contribution < -0.4 is 10.0 Å². The second kappa shape index (κ2) is 5.34. The lowest BCUT2D eigenvalue weighted by Crippen LogP contribution is -2.50. The first-order valence-corrected chi connectivity index (χ1v) is 7.46. The molecule has 1 aliphatic heterocycles. The molecular weight excluding hydrogens is 255 g/mol. The highest BCUT2D eigenvalue weighted by Crippen LogP contribution is 2.17. The Balaban J connectivity index is 2.19. The fourth-order valence-electron chi connectivity index (χ4n) is 2.07. The van der Waals surface area contributed by atoms with Crippen LogP contribution in [-0.4, -0.2) is 27.5 Å². The van der Waals surface area contributed by atoms with Gasteiger partial charge in [-0.3, -0.25) is 0 Å². The van der Waals surface area contributed by atoms with Crippen molar-refractivity contribution in [2.45, 2.75) is 24.3 Å². The van der Waals surface area contributed by atoms with E-state index in [4.69, 9.17) is 0 Å². The number of hydrogen-bond donors (Lipinski definition) is 2. The molecular formula is C12H17FN2O2S. The second-order valence-corrected chi connectivity index (χ2v) is 6.31. The lowest BCUT2D eigenvalue weighted by atomic mass is 9.96. The Labute approximate surface area is 107 Å². The molecule has 0 aromatic heterocycles. The Kier molecular flexibility index (Phi) is 3.99. The molecule has 1 saturated heterocycles. The van der Waals surface area contributed by atoms with Crippen LogP contribution >= 0.6 is 0 Å². The zero-order chi connectivity index (χ0) is 13.2. The molecule has 0 radical (unpaired) electrons. The number of nitrogens with one attached hydrogen (secondary N) is 2. The Morgan fingerprint density at radius 2 is 2.11 bits per heavy atom. The Morgan fingerprint density at radius 3 is 2.78 bits per heavy atom. The summed E-state index contributed by atoms with van der Waals surface area (Å²) in [4.78, 5) is -0.289. The van der Waals surface area contributed by atoms with Gasteiger partial charge in [-0.1, -0.05) is 19.1 Å². The van der Waals surface area contributed by atoms with Crippen LogP contribution in [0.2, 0.25) is 0 Å². The lowest BCUT2D eigenvalue weighted by molar-refractivity contribution is 0.327. The summed E-state index contributed by atoms with van der Waals surface area (Å²) in [5.41, 5.74) is 0. The molecule has 2 N–H and O–H groups in total. The van der Waals surface area contributed by atoms with E-state index in [1.807, 2.05) is 6.92 Å². The van der Waals surface area contributed by atoms with Gasteiger partial charge in [-0.2, -0.15) is 0 Å². The van der Waals surface area contributed by atoms with Gasteiger partial charge < -0.3 is 5.32 Å². The molecule has 0 spiro atoms. The van der Waals surface area contributed by atoms with Crippen molar-refractivity contribution in [3.05, 3.63) is 30.1 Å². The molecule has 1 aliphatic rings. The lowest BCUT2D eigenvalue weighted by Gasteiger charge is -2.29. The van der Waals surface area contributed by atoms with Gasteiger partial charge >= 0.3 is 0 Å². The van der Waals surface area contributed by atoms with Crippen molar-refractivity contribution in [1.82, 2.24) is 10.0 Å². The van der Waals surface area contributed by atoms with Crippen LogP contribution in [-0.2, 0) is 10.0 Å². The molecule has 2 atom stereocenters.